The summed E-state index contributed by atoms with van der Waals surface area (Å²) in [4.78, 5) is 4.39. The molecule has 0 aliphatic carbocycles. The Morgan fingerprint density at radius 2 is 1.81 bits per heavy atom. The van der Waals surface area contributed by atoms with Crippen LogP contribution >= 0.6 is 11.3 Å². The van der Waals surface area contributed by atoms with Gasteiger partial charge in [0.2, 0.25) is 0 Å². The third-order valence-electron chi connectivity index (χ3n) is 3.52. The summed E-state index contributed by atoms with van der Waals surface area (Å²) in [6, 6.07) is 11.9. The first kappa shape index (κ1) is 20.3. The number of aromatic nitrogens is 1. The van der Waals surface area contributed by atoms with Crippen LogP contribution in [0.4, 0.5) is 24.0 Å². The lowest BCUT2D eigenvalue weighted by Gasteiger charge is -2.11. The lowest BCUT2D eigenvalue weighted by Crippen LogP contribution is -3.00. The lowest BCUT2D eigenvalue weighted by atomic mass is 10.1. The van der Waals surface area contributed by atoms with Gasteiger partial charge in [-0.25, -0.2) is 4.98 Å². The number of anilines is 2. The number of para-hydroxylation sites is 1. The number of ether oxygens (including phenoxy) is 1. The molecule has 3 aromatic rings. The molecule has 0 bridgehead atoms. The molecule has 0 saturated carbocycles. The van der Waals surface area contributed by atoms with Gasteiger partial charge >= 0.3 is 6.36 Å². The van der Waals surface area contributed by atoms with E-state index in [1.54, 1.807) is 17.5 Å². The van der Waals surface area contributed by atoms with E-state index >= 15 is 0 Å². The molecule has 8 heteroatoms. The number of rotatable bonds is 4. The highest BCUT2D eigenvalue weighted by molar-refractivity contribution is 7.14. The van der Waals surface area contributed by atoms with E-state index in [4.69, 9.17) is 0 Å². The topological polar surface area (TPSA) is 34.2 Å². The van der Waals surface area contributed by atoms with Crippen LogP contribution in [0.15, 0.2) is 47.8 Å². The molecule has 0 spiro atoms. The average molecular weight is 444 g/mol. The zero-order chi connectivity index (χ0) is 18.0. The second-order valence-electron chi connectivity index (χ2n) is 5.53. The fourth-order valence-corrected chi connectivity index (χ4v) is 3.14. The molecule has 0 atom stereocenters. The lowest BCUT2D eigenvalue weighted by molar-refractivity contribution is -0.274. The molecule has 2 aromatic carbocycles. The van der Waals surface area contributed by atoms with Crippen molar-refractivity contribution in [2.24, 2.45) is 0 Å². The van der Waals surface area contributed by atoms with E-state index in [0.717, 1.165) is 16.8 Å². The van der Waals surface area contributed by atoms with Crippen LogP contribution in [0.3, 0.4) is 0 Å². The molecule has 1 N–H and O–H groups in total. The van der Waals surface area contributed by atoms with Crippen molar-refractivity contribution in [3.8, 4) is 17.0 Å². The van der Waals surface area contributed by atoms with Crippen molar-refractivity contribution in [3.63, 3.8) is 0 Å². The number of benzene rings is 2. The van der Waals surface area contributed by atoms with Gasteiger partial charge in [0.05, 0.1) is 5.69 Å². The van der Waals surface area contributed by atoms with Gasteiger partial charge in [0.15, 0.2) is 5.13 Å². The minimum absolute atomic E-state index is 0. The number of hydrogen-bond acceptors (Lipinski definition) is 4. The van der Waals surface area contributed by atoms with Gasteiger partial charge in [-0.1, -0.05) is 29.8 Å². The van der Waals surface area contributed by atoms with E-state index in [1.165, 1.54) is 23.5 Å². The van der Waals surface area contributed by atoms with Gasteiger partial charge in [0.1, 0.15) is 5.75 Å². The Hall–Kier alpha value is -2.06. The summed E-state index contributed by atoms with van der Waals surface area (Å²) in [7, 11) is 0. The van der Waals surface area contributed by atoms with E-state index < -0.39 is 6.36 Å². The Labute approximate surface area is 163 Å². The van der Waals surface area contributed by atoms with Gasteiger partial charge in [-0.3, -0.25) is 0 Å². The highest BCUT2D eigenvalue weighted by Crippen LogP contribution is 2.35. The summed E-state index contributed by atoms with van der Waals surface area (Å²) in [6.45, 7) is 3.99. The quantitative estimate of drug-likeness (QED) is 0.672. The van der Waals surface area contributed by atoms with Gasteiger partial charge in [-0.05, 0) is 37.6 Å². The van der Waals surface area contributed by atoms with Crippen LogP contribution in [0, 0.1) is 13.8 Å². The minimum atomic E-state index is -4.74. The molecule has 0 saturated heterocycles. The van der Waals surface area contributed by atoms with Crippen molar-refractivity contribution >= 4 is 22.2 Å². The van der Waals surface area contributed by atoms with Crippen LogP contribution in [0.5, 0.6) is 5.75 Å². The summed E-state index contributed by atoms with van der Waals surface area (Å²) >= 11 is 1.32. The predicted octanol–water partition coefficient (Wildman–Crippen LogP) is 3.07. The van der Waals surface area contributed by atoms with Gasteiger partial charge in [-0.2, -0.15) is 0 Å². The zero-order valence-corrected chi connectivity index (χ0v) is 16.3. The Morgan fingerprint density at radius 1 is 1.08 bits per heavy atom. The molecule has 26 heavy (non-hydrogen) atoms. The Morgan fingerprint density at radius 3 is 2.50 bits per heavy atom. The van der Waals surface area contributed by atoms with E-state index in [1.807, 2.05) is 32.0 Å². The monoisotopic (exact) mass is 443 g/mol. The van der Waals surface area contributed by atoms with Gasteiger partial charge in [0.25, 0.3) is 0 Å². The first-order valence-corrected chi connectivity index (χ1v) is 8.35. The second kappa shape index (κ2) is 8.09. The number of nitrogens with one attached hydrogen (secondary N) is 1. The smallest absolute Gasteiger partial charge is 0.573 e. The molecule has 0 aliphatic rings. The Balaban J connectivity index is 0.00000243. The van der Waals surface area contributed by atoms with Crippen molar-refractivity contribution in [3.05, 3.63) is 59.0 Å². The number of thiazole rings is 1. The highest BCUT2D eigenvalue weighted by atomic mass is 79.9. The van der Waals surface area contributed by atoms with Crippen molar-refractivity contribution in [2.75, 3.05) is 5.32 Å². The van der Waals surface area contributed by atoms with Crippen molar-refractivity contribution < 1.29 is 34.9 Å². The van der Waals surface area contributed by atoms with Gasteiger partial charge < -0.3 is 27.0 Å². The summed E-state index contributed by atoms with van der Waals surface area (Å²) in [6.07, 6.45) is -4.74. The molecule has 0 amide bonds. The van der Waals surface area contributed by atoms with E-state index in [2.05, 4.69) is 15.0 Å². The fourth-order valence-electron chi connectivity index (χ4n) is 2.42. The van der Waals surface area contributed by atoms with Crippen LogP contribution in [-0.4, -0.2) is 11.3 Å². The van der Waals surface area contributed by atoms with Crippen molar-refractivity contribution in [1.29, 1.82) is 0 Å². The summed E-state index contributed by atoms with van der Waals surface area (Å²) in [5, 5.41) is 5.50. The van der Waals surface area contributed by atoms with Crippen LogP contribution in [0.25, 0.3) is 11.3 Å². The van der Waals surface area contributed by atoms with Crippen LogP contribution < -0.4 is 27.0 Å². The third kappa shape index (κ3) is 4.98. The Bertz CT molecular complexity index is 896. The number of nitrogens with zero attached hydrogens (tertiary/aromatic N) is 1. The largest absolute Gasteiger partial charge is 1.00 e. The zero-order valence-electron chi connectivity index (χ0n) is 13.9. The number of hydrogen-bond donors (Lipinski definition) is 1. The third-order valence-corrected chi connectivity index (χ3v) is 4.27. The first-order valence-electron chi connectivity index (χ1n) is 7.47. The second-order valence-corrected chi connectivity index (χ2v) is 6.38. The maximum absolute atomic E-state index is 12.6. The molecule has 0 unspecified atom stereocenters. The average Bonchev–Trinajstić information content (AvgIpc) is 2.97. The molecule has 3 nitrogen and oxygen atoms in total. The summed E-state index contributed by atoms with van der Waals surface area (Å²) in [5.74, 6) is -0.265. The molecular weight excluding hydrogens is 429 g/mol. The summed E-state index contributed by atoms with van der Waals surface area (Å²) < 4.78 is 41.8. The normalized spacial score (nSPS) is 11.0. The maximum atomic E-state index is 12.6. The molecule has 0 radical (unpaired) electrons. The molecule has 0 fully saturated rings. The molecule has 1 aromatic heterocycles. The van der Waals surface area contributed by atoms with E-state index in [-0.39, 0.29) is 22.7 Å². The molecule has 3 rings (SSSR count). The highest BCUT2D eigenvalue weighted by Gasteiger charge is 2.32. The van der Waals surface area contributed by atoms with Crippen molar-refractivity contribution in [2.45, 2.75) is 20.2 Å². The fraction of sp³-hybridized carbons (Fsp3) is 0.167. The van der Waals surface area contributed by atoms with Gasteiger partial charge in [0, 0.05) is 16.6 Å². The number of halogens is 4. The SMILES string of the molecule is Cc1ccc(Nc2nc(-c3ccccc3OC(F)(F)F)cs2)c(C)c1.[Br-]. The minimum Gasteiger partial charge on any atom is -1.00 e. The molecule has 1 heterocycles. The van der Waals surface area contributed by atoms with Crippen LogP contribution in [-0.2, 0) is 0 Å². The van der Waals surface area contributed by atoms with Crippen LogP contribution in [0.1, 0.15) is 11.1 Å². The molecule has 138 valence electrons. The standard InChI is InChI=1S/C18H15F3N2OS.BrH/c1-11-7-8-14(12(2)9-11)22-17-23-15(10-25-17)13-5-3-4-6-16(13)24-18(19,20)21;/h3-10H,1-2H3,(H,22,23);1H/p-1. The summed E-state index contributed by atoms with van der Waals surface area (Å²) in [5.41, 5.74) is 3.85. The van der Waals surface area contributed by atoms with E-state index in [0.29, 0.717) is 16.4 Å². The maximum Gasteiger partial charge on any atom is 0.573 e. The predicted molar refractivity (Wildman–Crippen MR) is 93.4 cm³/mol. The van der Waals surface area contributed by atoms with Crippen LogP contribution in [0.2, 0.25) is 0 Å². The molecule has 0 aliphatic heterocycles. The van der Waals surface area contributed by atoms with Gasteiger partial charge in [-0.15, -0.1) is 24.5 Å². The molecular formula is C18H15BrF3N2OS-. The van der Waals surface area contributed by atoms with Crippen molar-refractivity contribution in [1.82, 2.24) is 4.98 Å². The Kier molecular flexibility index (Phi) is 6.30. The number of alkyl halides is 3. The number of aryl methyl sites for hydroxylation is 2. The first-order chi connectivity index (χ1) is 11.8. The van der Waals surface area contributed by atoms with E-state index in [9.17, 15) is 13.2 Å².